The molecule has 1 heterocycles. The number of hydrogen-bond donors (Lipinski definition) is 3. The number of phenols is 2. The Balaban J connectivity index is 1.96. The minimum absolute atomic E-state index is 0.0146. The van der Waals surface area contributed by atoms with Gasteiger partial charge in [-0.05, 0) is 54.1 Å². The van der Waals surface area contributed by atoms with E-state index in [2.05, 4.69) is 6.58 Å². The summed E-state index contributed by atoms with van der Waals surface area (Å²) >= 11 is 1.52. The van der Waals surface area contributed by atoms with Gasteiger partial charge in [0.05, 0.1) is 16.1 Å². The maximum atomic E-state index is 11.6. The number of hydrogen-bond acceptors (Lipinski definition) is 5. The van der Waals surface area contributed by atoms with Crippen molar-refractivity contribution in [2.45, 2.75) is 0 Å². The summed E-state index contributed by atoms with van der Waals surface area (Å²) in [6.45, 7) is 3.73. The van der Waals surface area contributed by atoms with Crippen molar-refractivity contribution >= 4 is 44.3 Å². The van der Waals surface area contributed by atoms with Gasteiger partial charge in [-0.2, -0.15) is 0 Å². The lowest BCUT2D eigenvalue weighted by atomic mass is 10.0. The van der Waals surface area contributed by atoms with Gasteiger partial charge in [0, 0.05) is 28.4 Å². The maximum Gasteiger partial charge on any atom is 0.335 e. The highest BCUT2D eigenvalue weighted by atomic mass is 32.1. The Morgan fingerprint density at radius 3 is 2.33 bits per heavy atom. The number of thiophene rings is 1. The first-order valence-corrected chi connectivity index (χ1v) is 9.98. The molecule has 0 aliphatic heterocycles. The lowest BCUT2D eigenvalue weighted by Gasteiger charge is -2.24. The zero-order valence-corrected chi connectivity index (χ0v) is 17.0. The van der Waals surface area contributed by atoms with Gasteiger partial charge >= 0.3 is 5.97 Å². The summed E-state index contributed by atoms with van der Waals surface area (Å²) in [7, 11) is 1.88. The van der Waals surface area contributed by atoms with Crippen LogP contribution in [-0.4, -0.2) is 28.3 Å². The first-order chi connectivity index (χ1) is 14.4. The molecule has 0 saturated carbocycles. The van der Waals surface area contributed by atoms with Gasteiger partial charge in [-0.25, -0.2) is 4.79 Å². The normalized spacial score (nSPS) is 10.8. The molecule has 4 aromatic rings. The molecular weight excluding hydrogens is 398 g/mol. The summed E-state index contributed by atoms with van der Waals surface area (Å²) in [5, 5.41) is 30.0. The Hall–Kier alpha value is -3.77. The molecule has 0 aliphatic carbocycles. The average Bonchev–Trinajstić information content (AvgIpc) is 3.11. The molecule has 0 aliphatic rings. The highest BCUT2D eigenvalue weighted by Crippen LogP contribution is 2.48. The van der Waals surface area contributed by atoms with Crippen molar-refractivity contribution in [2.24, 2.45) is 0 Å². The van der Waals surface area contributed by atoms with Crippen LogP contribution in [0, 0.1) is 0 Å². The average molecular weight is 417 g/mol. The third-order valence-corrected chi connectivity index (χ3v) is 6.15. The lowest BCUT2D eigenvalue weighted by molar-refractivity contribution is -0.130. The van der Waals surface area contributed by atoms with Crippen molar-refractivity contribution in [2.75, 3.05) is 11.9 Å². The number of benzene rings is 3. The number of rotatable bonds is 5. The van der Waals surface area contributed by atoms with Gasteiger partial charge < -0.3 is 20.2 Å². The summed E-state index contributed by atoms with van der Waals surface area (Å²) in [6.07, 6.45) is 0. The summed E-state index contributed by atoms with van der Waals surface area (Å²) < 4.78 is 0.898. The second kappa shape index (κ2) is 7.57. The molecule has 0 saturated heterocycles. The predicted molar refractivity (Wildman–Crippen MR) is 122 cm³/mol. The Morgan fingerprint density at radius 1 is 0.967 bits per heavy atom. The first-order valence-electron chi connectivity index (χ1n) is 9.17. The van der Waals surface area contributed by atoms with E-state index >= 15 is 0 Å². The minimum Gasteiger partial charge on any atom is -0.508 e. The summed E-state index contributed by atoms with van der Waals surface area (Å²) in [4.78, 5) is 14.4. The van der Waals surface area contributed by atoms with Crippen molar-refractivity contribution in [1.29, 1.82) is 0 Å². The van der Waals surface area contributed by atoms with E-state index < -0.39 is 5.97 Å². The summed E-state index contributed by atoms with van der Waals surface area (Å²) in [5.74, 6) is -0.722. The van der Waals surface area contributed by atoms with E-state index in [9.17, 15) is 20.1 Å². The van der Waals surface area contributed by atoms with Crippen molar-refractivity contribution in [1.82, 2.24) is 0 Å². The van der Waals surface area contributed by atoms with Gasteiger partial charge in [-0.1, -0.05) is 24.8 Å². The molecule has 30 heavy (non-hydrogen) atoms. The highest BCUT2D eigenvalue weighted by molar-refractivity contribution is 7.23. The van der Waals surface area contributed by atoms with Crippen LogP contribution in [0.25, 0.3) is 26.1 Å². The Kier molecular flexibility index (Phi) is 4.93. The molecule has 4 rings (SSSR count). The molecule has 0 bridgehead atoms. The minimum atomic E-state index is -1.07. The van der Waals surface area contributed by atoms with Crippen LogP contribution in [0.5, 0.6) is 11.5 Å². The van der Waals surface area contributed by atoms with Crippen molar-refractivity contribution in [3.8, 4) is 21.9 Å². The number of fused-ring (bicyclic) bond motifs is 1. The molecule has 0 spiro atoms. The van der Waals surface area contributed by atoms with E-state index in [-0.39, 0.29) is 17.1 Å². The van der Waals surface area contributed by atoms with Crippen LogP contribution < -0.4 is 4.90 Å². The largest absolute Gasteiger partial charge is 0.508 e. The van der Waals surface area contributed by atoms with Crippen molar-refractivity contribution < 1.29 is 20.1 Å². The summed E-state index contributed by atoms with van der Waals surface area (Å²) in [6, 6.07) is 19.3. The van der Waals surface area contributed by atoms with Crippen LogP contribution in [0.2, 0.25) is 0 Å². The van der Waals surface area contributed by atoms with Gasteiger partial charge in [0.2, 0.25) is 0 Å². The van der Waals surface area contributed by atoms with E-state index in [1.807, 2.05) is 42.3 Å². The number of para-hydroxylation sites is 1. The van der Waals surface area contributed by atoms with Crippen LogP contribution in [0.1, 0.15) is 5.56 Å². The lowest BCUT2D eigenvalue weighted by Crippen LogP contribution is -2.13. The zero-order valence-electron chi connectivity index (χ0n) is 16.2. The topological polar surface area (TPSA) is 81.0 Å². The third kappa shape index (κ3) is 3.38. The van der Waals surface area contributed by atoms with Gasteiger partial charge in [0.1, 0.15) is 11.5 Å². The molecule has 5 nitrogen and oxygen atoms in total. The smallest absolute Gasteiger partial charge is 0.335 e. The second-order valence-electron chi connectivity index (χ2n) is 6.87. The molecule has 0 radical (unpaired) electrons. The predicted octanol–water partition coefficient (Wildman–Crippen LogP) is 5.85. The van der Waals surface area contributed by atoms with Gasteiger partial charge in [0.15, 0.2) is 0 Å². The number of aliphatic carboxylic acids is 1. The van der Waals surface area contributed by atoms with Crippen LogP contribution >= 0.6 is 11.3 Å². The summed E-state index contributed by atoms with van der Waals surface area (Å²) in [5.41, 5.74) is 3.04. The number of carbonyl (C=O) groups is 1. The molecule has 150 valence electrons. The molecule has 1 aromatic heterocycles. The van der Waals surface area contributed by atoms with E-state index in [0.717, 1.165) is 26.2 Å². The molecule has 6 heteroatoms. The standard InChI is InChI=1S/C24H19NO4S/c1-14(24(28)29)18-5-3-4-6-20(18)25(2)22-19-12-11-17(27)13-21(19)30-23(22)15-7-9-16(26)10-8-15/h3-13,26-27H,1H2,2H3,(H,28,29). The first kappa shape index (κ1) is 19.5. The number of aromatic hydroxyl groups is 2. The van der Waals surface area contributed by atoms with Gasteiger partial charge in [-0.3, -0.25) is 0 Å². The number of carboxylic acid groups (broad SMARTS) is 1. The van der Waals surface area contributed by atoms with E-state index in [1.54, 1.807) is 36.4 Å². The quantitative estimate of drug-likeness (QED) is 0.355. The maximum absolute atomic E-state index is 11.6. The zero-order chi connectivity index (χ0) is 21.4. The Bertz CT molecular complexity index is 1270. The Morgan fingerprint density at radius 2 is 1.63 bits per heavy atom. The van der Waals surface area contributed by atoms with Crippen LogP contribution in [0.15, 0.2) is 73.3 Å². The third-order valence-electron chi connectivity index (χ3n) is 4.96. The van der Waals surface area contributed by atoms with Gasteiger partial charge in [0.25, 0.3) is 0 Å². The molecular formula is C24H19NO4S. The van der Waals surface area contributed by atoms with Crippen molar-refractivity contribution in [3.05, 3.63) is 78.9 Å². The van der Waals surface area contributed by atoms with E-state index in [0.29, 0.717) is 11.3 Å². The number of phenolic OH excluding ortho intramolecular Hbond substituents is 2. The molecule has 0 atom stereocenters. The molecule has 3 aromatic carbocycles. The fraction of sp³-hybridized carbons (Fsp3) is 0.0417. The van der Waals surface area contributed by atoms with Crippen LogP contribution in [0.3, 0.4) is 0 Å². The van der Waals surface area contributed by atoms with E-state index in [1.165, 1.54) is 11.3 Å². The van der Waals surface area contributed by atoms with E-state index in [4.69, 9.17) is 0 Å². The number of anilines is 2. The number of nitrogens with zero attached hydrogens (tertiary/aromatic N) is 1. The van der Waals surface area contributed by atoms with Crippen LogP contribution in [-0.2, 0) is 4.79 Å². The fourth-order valence-electron chi connectivity index (χ4n) is 3.47. The van der Waals surface area contributed by atoms with Gasteiger partial charge in [-0.15, -0.1) is 11.3 Å². The van der Waals surface area contributed by atoms with Crippen molar-refractivity contribution in [3.63, 3.8) is 0 Å². The monoisotopic (exact) mass is 417 g/mol. The Labute approximate surface area is 177 Å². The molecule has 0 unspecified atom stereocenters. The fourth-order valence-corrected chi connectivity index (χ4v) is 4.74. The van der Waals surface area contributed by atoms with Crippen LogP contribution in [0.4, 0.5) is 11.4 Å². The SMILES string of the molecule is C=C(C(=O)O)c1ccccc1N(C)c1c(-c2ccc(O)cc2)sc2cc(O)ccc12. The highest BCUT2D eigenvalue weighted by Gasteiger charge is 2.22. The molecule has 0 fully saturated rings. The molecule has 3 N–H and O–H groups in total. The molecule has 0 amide bonds. The number of carboxylic acids is 1. The second-order valence-corrected chi connectivity index (χ2v) is 7.92.